The van der Waals surface area contributed by atoms with Crippen LogP contribution in [0.5, 0.6) is 0 Å². The largest absolute Gasteiger partial charge is 0.383 e. The number of ketones is 1. The van der Waals surface area contributed by atoms with Crippen LogP contribution in [0.3, 0.4) is 0 Å². The number of sulfonamides is 1. The Hall–Kier alpha value is -3.50. The molecule has 0 saturated heterocycles. The van der Waals surface area contributed by atoms with Crippen molar-refractivity contribution in [2.75, 3.05) is 10.5 Å². The highest BCUT2D eigenvalue weighted by molar-refractivity contribution is 7.92. The summed E-state index contributed by atoms with van der Waals surface area (Å²) in [5.41, 5.74) is 7.15. The Labute approximate surface area is 189 Å². The number of anilines is 2. The molecule has 0 bridgehead atoms. The van der Waals surface area contributed by atoms with Gasteiger partial charge < -0.3 is 10.3 Å². The lowest BCUT2D eigenvalue weighted by Gasteiger charge is -2.08. The van der Waals surface area contributed by atoms with E-state index in [4.69, 9.17) is 17.3 Å². The Morgan fingerprint density at radius 2 is 1.84 bits per heavy atom. The maximum absolute atomic E-state index is 13.3. The first kappa shape index (κ1) is 21.7. The van der Waals surface area contributed by atoms with Gasteiger partial charge in [-0.1, -0.05) is 11.6 Å². The first-order valence-corrected chi connectivity index (χ1v) is 11.4. The quantitative estimate of drug-likeness (QED) is 0.410. The first-order chi connectivity index (χ1) is 15.2. The van der Waals surface area contributed by atoms with E-state index in [9.17, 15) is 13.2 Å². The summed E-state index contributed by atoms with van der Waals surface area (Å²) in [6, 6.07) is 8.61. The number of hydrogen-bond donors (Lipinski definition) is 2. The van der Waals surface area contributed by atoms with Gasteiger partial charge in [0.05, 0.1) is 15.8 Å². The van der Waals surface area contributed by atoms with Crippen LogP contribution in [-0.2, 0) is 10.0 Å². The fraction of sp³-hybridized carbons (Fsp3) is 0.143. The van der Waals surface area contributed by atoms with Crippen molar-refractivity contribution < 1.29 is 13.2 Å². The molecule has 0 spiro atoms. The molecule has 4 rings (SSSR count). The van der Waals surface area contributed by atoms with Crippen LogP contribution in [-0.4, -0.2) is 33.7 Å². The third kappa shape index (κ3) is 4.02. The van der Waals surface area contributed by atoms with Gasteiger partial charge >= 0.3 is 0 Å². The summed E-state index contributed by atoms with van der Waals surface area (Å²) in [5.74, 6) is -0.164. The summed E-state index contributed by atoms with van der Waals surface area (Å²) in [7, 11) is -3.91. The molecule has 0 atom stereocenters. The maximum atomic E-state index is 13.3. The van der Waals surface area contributed by atoms with Crippen LogP contribution in [0.15, 0.2) is 60.0 Å². The molecule has 9 nitrogen and oxygen atoms in total. The molecule has 0 unspecified atom stereocenters. The number of nitrogens with one attached hydrogen (secondary N) is 1. The number of fused-ring (bicyclic) bond motifs is 1. The van der Waals surface area contributed by atoms with Crippen LogP contribution in [0.25, 0.3) is 11.0 Å². The predicted molar refractivity (Wildman–Crippen MR) is 122 cm³/mol. The molecule has 164 valence electrons. The molecule has 0 aliphatic rings. The number of carbonyl (C=O) groups excluding carboxylic acids is 1. The number of pyridine rings is 1. The van der Waals surface area contributed by atoms with Crippen molar-refractivity contribution in [3.8, 4) is 0 Å². The second-order valence-electron chi connectivity index (χ2n) is 7.32. The monoisotopic (exact) mass is 470 g/mol. The van der Waals surface area contributed by atoms with Gasteiger partial charge in [-0.15, -0.1) is 0 Å². The standard InChI is InChI=1S/C21H19ClN6O3S/c1-12(2)28-10-16(18-20(23)25-11-26-21(18)28)19(29)13-7-8-24-17(9-13)27-32(30,31)15-5-3-14(22)4-6-15/h3-12H,1-2H3,(H,24,27)(H2,23,25,26). The molecule has 3 N–H and O–H groups in total. The second-order valence-corrected chi connectivity index (χ2v) is 9.44. The number of nitrogen functional groups attached to an aromatic ring is 1. The van der Waals surface area contributed by atoms with E-state index in [-0.39, 0.29) is 33.9 Å². The van der Waals surface area contributed by atoms with Gasteiger partial charge in [0.15, 0.2) is 5.78 Å². The Balaban J connectivity index is 1.71. The number of hydrogen-bond acceptors (Lipinski definition) is 7. The molecule has 0 aliphatic heterocycles. The average Bonchev–Trinajstić information content (AvgIpc) is 3.15. The average molecular weight is 471 g/mol. The van der Waals surface area contributed by atoms with E-state index >= 15 is 0 Å². The van der Waals surface area contributed by atoms with E-state index in [0.717, 1.165) is 0 Å². The Bertz CT molecular complexity index is 1430. The summed E-state index contributed by atoms with van der Waals surface area (Å²) < 4.78 is 29.5. The minimum Gasteiger partial charge on any atom is -0.383 e. The van der Waals surface area contributed by atoms with Crippen LogP contribution in [0.2, 0.25) is 5.02 Å². The Morgan fingerprint density at radius 1 is 1.12 bits per heavy atom. The molecule has 3 aromatic heterocycles. The normalized spacial score (nSPS) is 11.8. The van der Waals surface area contributed by atoms with Crippen molar-refractivity contribution in [1.29, 1.82) is 0 Å². The number of rotatable bonds is 6. The molecule has 0 saturated carbocycles. The van der Waals surface area contributed by atoms with Crippen molar-refractivity contribution in [2.45, 2.75) is 24.8 Å². The third-order valence-electron chi connectivity index (χ3n) is 4.82. The van der Waals surface area contributed by atoms with E-state index in [2.05, 4.69) is 19.7 Å². The summed E-state index contributed by atoms with van der Waals surface area (Å²) in [5, 5.41) is 0.866. The highest BCUT2D eigenvalue weighted by atomic mass is 35.5. The van der Waals surface area contributed by atoms with Crippen LogP contribution in [0.4, 0.5) is 11.6 Å². The summed E-state index contributed by atoms with van der Waals surface area (Å²) >= 11 is 5.82. The summed E-state index contributed by atoms with van der Waals surface area (Å²) in [6.45, 7) is 3.92. The molecule has 0 radical (unpaired) electrons. The minimum absolute atomic E-state index is 0.00243. The van der Waals surface area contributed by atoms with Crippen molar-refractivity contribution >= 4 is 50.1 Å². The van der Waals surface area contributed by atoms with E-state index in [1.807, 2.05) is 18.4 Å². The fourth-order valence-electron chi connectivity index (χ4n) is 3.27. The molecular weight excluding hydrogens is 452 g/mol. The lowest BCUT2D eigenvalue weighted by molar-refractivity contribution is 0.104. The van der Waals surface area contributed by atoms with Crippen LogP contribution in [0.1, 0.15) is 35.8 Å². The first-order valence-electron chi connectivity index (χ1n) is 9.57. The van der Waals surface area contributed by atoms with E-state index in [0.29, 0.717) is 21.6 Å². The van der Waals surface area contributed by atoms with Gasteiger partial charge in [0.1, 0.15) is 23.6 Å². The zero-order valence-corrected chi connectivity index (χ0v) is 18.7. The van der Waals surface area contributed by atoms with Crippen LogP contribution < -0.4 is 10.5 Å². The van der Waals surface area contributed by atoms with Gasteiger partial charge in [-0.25, -0.2) is 23.4 Å². The number of halogens is 1. The lowest BCUT2D eigenvalue weighted by atomic mass is 10.0. The zero-order chi connectivity index (χ0) is 23.0. The Kier molecular flexibility index (Phi) is 5.57. The van der Waals surface area contributed by atoms with Gasteiger partial charge in [0.25, 0.3) is 10.0 Å². The number of aromatic nitrogens is 4. The highest BCUT2D eigenvalue weighted by Crippen LogP contribution is 2.29. The molecule has 3 heterocycles. The molecule has 0 aliphatic carbocycles. The topological polar surface area (TPSA) is 133 Å². The highest BCUT2D eigenvalue weighted by Gasteiger charge is 2.22. The van der Waals surface area contributed by atoms with Crippen molar-refractivity contribution in [3.63, 3.8) is 0 Å². The van der Waals surface area contributed by atoms with Crippen molar-refractivity contribution in [1.82, 2.24) is 19.5 Å². The van der Waals surface area contributed by atoms with Crippen molar-refractivity contribution in [3.05, 3.63) is 71.3 Å². The molecule has 0 amide bonds. The molecular formula is C21H19ClN6O3S. The minimum atomic E-state index is -3.91. The molecule has 0 fully saturated rings. The van der Waals surface area contributed by atoms with Gasteiger partial charge in [0.2, 0.25) is 0 Å². The lowest BCUT2D eigenvalue weighted by Crippen LogP contribution is -2.14. The summed E-state index contributed by atoms with van der Waals surface area (Å²) in [4.78, 5) is 25.7. The van der Waals surface area contributed by atoms with E-state index < -0.39 is 10.0 Å². The molecule has 11 heteroatoms. The smallest absolute Gasteiger partial charge is 0.263 e. The number of carbonyl (C=O) groups is 1. The van der Waals surface area contributed by atoms with Gasteiger partial charge in [-0.3, -0.25) is 9.52 Å². The van der Waals surface area contributed by atoms with Gasteiger partial charge in [-0.05, 0) is 50.2 Å². The number of nitrogens with zero attached hydrogens (tertiary/aromatic N) is 4. The number of nitrogens with two attached hydrogens (primary N) is 1. The SMILES string of the molecule is CC(C)n1cc(C(=O)c2ccnc(NS(=O)(=O)c3ccc(Cl)cc3)c2)c2c(N)ncnc21. The maximum Gasteiger partial charge on any atom is 0.263 e. The predicted octanol–water partition coefficient (Wildman–Crippen LogP) is 3.67. The summed E-state index contributed by atoms with van der Waals surface area (Å²) in [6.07, 6.45) is 4.38. The van der Waals surface area contributed by atoms with Gasteiger partial charge in [0, 0.05) is 29.0 Å². The molecule has 1 aromatic carbocycles. The van der Waals surface area contributed by atoms with Gasteiger partial charge in [-0.2, -0.15) is 0 Å². The van der Waals surface area contributed by atoms with Crippen LogP contribution in [0, 0.1) is 0 Å². The Morgan fingerprint density at radius 3 is 2.53 bits per heavy atom. The van der Waals surface area contributed by atoms with Crippen molar-refractivity contribution in [2.24, 2.45) is 0 Å². The number of benzene rings is 1. The molecule has 32 heavy (non-hydrogen) atoms. The fourth-order valence-corrected chi connectivity index (χ4v) is 4.39. The second kappa shape index (κ2) is 8.21. The van der Waals surface area contributed by atoms with E-state index in [1.165, 1.54) is 48.9 Å². The molecule has 4 aromatic rings. The zero-order valence-electron chi connectivity index (χ0n) is 17.2. The third-order valence-corrected chi connectivity index (χ3v) is 6.45. The van der Waals surface area contributed by atoms with E-state index in [1.54, 1.807) is 6.20 Å². The van der Waals surface area contributed by atoms with Crippen LogP contribution >= 0.6 is 11.6 Å².